The predicted molar refractivity (Wildman–Crippen MR) is 74.3 cm³/mol. The van der Waals surface area contributed by atoms with Gasteiger partial charge in [0.05, 0.1) is 0 Å². The standard InChI is InChI=1S/C10H12BrIN4/c1-3-16-6-7(9(11)13-16)4-8-5-15(2)14-10(8)12/h5-6H,3-4H2,1-2H3. The van der Waals surface area contributed by atoms with Gasteiger partial charge in [-0.1, -0.05) is 0 Å². The maximum atomic E-state index is 4.37. The Morgan fingerprint density at radius 1 is 1.31 bits per heavy atom. The summed E-state index contributed by atoms with van der Waals surface area (Å²) in [6.45, 7) is 2.97. The van der Waals surface area contributed by atoms with Gasteiger partial charge in [-0.3, -0.25) is 9.36 Å². The van der Waals surface area contributed by atoms with Crippen LogP contribution in [0, 0.1) is 3.70 Å². The summed E-state index contributed by atoms with van der Waals surface area (Å²) in [7, 11) is 1.94. The van der Waals surface area contributed by atoms with E-state index in [2.05, 4.69) is 68.0 Å². The van der Waals surface area contributed by atoms with Crippen molar-refractivity contribution >= 4 is 38.5 Å². The van der Waals surface area contributed by atoms with Gasteiger partial charge in [0.2, 0.25) is 0 Å². The van der Waals surface area contributed by atoms with E-state index in [-0.39, 0.29) is 0 Å². The largest absolute Gasteiger partial charge is 0.274 e. The van der Waals surface area contributed by atoms with E-state index in [1.807, 2.05) is 16.4 Å². The van der Waals surface area contributed by atoms with Gasteiger partial charge >= 0.3 is 0 Å². The van der Waals surface area contributed by atoms with Crippen LogP contribution in [0.15, 0.2) is 17.0 Å². The quantitative estimate of drug-likeness (QED) is 0.750. The monoisotopic (exact) mass is 394 g/mol. The molecule has 2 heterocycles. The molecule has 0 saturated heterocycles. The van der Waals surface area contributed by atoms with Gasteiger partial charge in [0, 0.05) is 43.5 Å². The number of aryl methyl sites for hydroxylation is 2. The van der Waals surface area contributed by atoms with E-state index in [9.17, 15) is 0 Å². The third-order valence-corrected chi connectivity index (χ3v) is 3.92. The summed E-state index contributed by atoms with van der Waals surface area (Å²) in [5, 5.41) is 8.69. The van der Waals surface area contributed by atoms with Crippen LogP contribution in [-0.4, -0.2) is 19.6 Å². The lowest BCUT2D eigenvalue weighted by Gasteiger charge is -1.95. The van der Waals surface area contributed by atoms with E-state index in [4.69, 9.17) is 0 Å². The topological polar surface area (TPSA) is 35.6 Å². The summed E-state index contributed by atoms with van der Waals surface area (Å²) in [5.41, 5.74) is 2.44. The zero-order valence-corrected chi connectivity index (χ0v) is 12.9. The molecule has 2 rings (SSSR count). The number of hydrogen-bond donors (Lipinski definition) is 0. The molecule has 6 heteroatoms. The van der Waals surface area contributed by atoms with Crippen LogP contribution in [-0.2, 0) is 20.0 Å². The highest BCUT2D eigenvalue weighted by molar-refractivity contribution is 14.1. The fraction of sp³-hybridized carbons (Fsp3) is 0.400. The van der Waals surface area contributed by atoms with Crippen molar-refractivity contribution in [2.45, 2.75) is 19.9 Å². The molecule has 2 aromatic heterocycles. The van der Waals surface area contributed by atoms with Crippen molar-refractivity contribution in [3.63, 3.8) is 0 Å². The lowest BCUT2D eigenvalue weighted by molar-refractivity contribution is 0.655. The number of rotatable bonds is 3. The average Bonchev–Trinajstić information content (AvgIpc) is 2.72. The van der Waals surface area contributed by atoms with Crippen LogP contribution < -0.4 is 0 Å². The van der Waals surface area contributed by atoms with Crippen molar-refractivity contribution in [1.82, 2.24) is 19.6 Å². The highest BCUT2D eigenvalue weighted by atomic mass is 127. The molecule has 86 valence electrons. The van der Waals surface area contributed by atoms with Crippen LogP contribution in [0.3, 0.4) is 0 Å². The molecule has 4 nitrogen and oxygen atoms in total. The number of halogens is 2. The molecule has 0 N–H and O–H groups in total. The van der Waals surface area contributed by atoms with Gasteiger partial charge in [0.15, 0.2) is 0 Å². The molecule has 0 aliphatic carbocycles. The summed E-state index contributed by atoms with van der Waals surface area (Å²) >= 11 is 5.75. The molecular weight excluding hydrogens is 383 g/mol. The van der Waals surface area contributed by atoms with Crippen molar-refractivity contribution in [3.8, 4) is 0 Å². The first-order valence-corrected chi connectivity index (χ1v) is 6.87. The molecule has 16 heavy (non-hydrogen) atoms. The van der Waals surface area contributed by atoms with Crippen molar-refractivity contribution in [1.29, 1.82) is 0 Å². The van der Waals surface area contributed by atoms with Crippen molar-refractivity contribution in [2.75, 3.05) is 0 Å². The molecule has 0 spiro atoms. The van der Waals surface area contributed by atoms with Gasteiger partial charge in [-0.2, -0.15) is 10.2 Å². The average molecular weight is 395 g/mol. The summed E-state index contributed by atoms with van der Waals surface area (Å²) in [5.74, 6) is 0. The fourth-order valence-corrected chi connectivity index (χ4v) is 2.67. The molecule has 2 aromatic rings. The molecule has 0 saturated carbocycles. The summed E-state index contributed by atoms with van der Waals surface area (Å²) in [6, 6.07) is 0. The highest BCUT2D eigenvalue weighted by Gasteiger charge is 2.10. The normalized spacial score (nSPS) is 11.0. The SMILES string of the molecule is CCn1cc(Cc2cn(C)nc2I)c(Br)n1. The maximum absolute atomic E-state index is 4.37. The van der Waals surface area contributed by atoms with Crippen molar-refractivity contribution < 1.29 is 0 Å². The van der Waals surface area contributed by atoms with Crippen LogP contribution in [0.25, 0.3) is 0 Å². The van der Waals surface area contributed by atoms with Crippen LogP contribution in [0.5, 0.6) is 0 Å². The third kappa shape index (κ3) is 2.48. The van der Waals surface area contributed by atoms with Gasteiger partial charge in [-0.25, -0.2) is 0 Å². The first-order valence-electron chi connectivity index (χ1n) is 5.00. The highest BCUT2D eigenvalue weighted by Crippen LogP contribution is 2.20. The number of nitrogens with zero attached hydrogens (tertiary/aromatic N) is 4. The second-order valence-electron chi connectivity index (χ2n) is 3.60. The van der Waals surface area contributed by atoms with Crippen molar-refractivity contribution in [3.05, 3.63) is 31.8 Å². The number of aromatic nitrogens is 4. The smallest absolute Gasteiger partial charge is 0.131 e. The Morgan fingerprint density at radius 2 is 2.06 bits per heavy atom. The fourth-order valence-electron chi connectivity index (χ4n) is 1.55. The van der Waals surface area contributed by atoms with E-state index in [0.717, 1.165) is 21.3 Å². The lowest BCUT2D eigenvalue weighted by Crippen LogP contribution is -1.92. The molecule has 0 aliphatic heterocycles. The van der Waals surface area contributed by atoms with Crippen LogP contribution in [0.4, 0.5) is 0 Å². The van der Waals surface area contributed by atoms with E-state index >= 15 is 0 Å². The minimum Gasteiger partial charge on any atom is -0.274 e. The molecule has 0 radical (unpaired) electrons. The second-order valence-corrected chi connectivity index (χ2v) is 5.37. The van der Waals surface area contributed by atoms with Crippen LogP contribution in [0.1, 0.15) is 18.1 Å². The Balaban J connectivity index is 2.26. The van der Waals surface area contributed by atoms with Gasteiger partial charge in [0.1, 0.15) is 8.30 Å². The van der Waals surface area contributed by atoms with Crippen LogP contribution in [0.2, 0.25) is 0 Å². The predicted octanol–water partition coefficient (Wildman–Crippen LogP) is 2.59. The lowest BCUT2D eigenvalue weighted by atomic mass is 10.2. The summed E-state index contributed by atoms with van der Waals surface area (Å²) in [4.78, 5) is 0. The molecule has 0 fully saturated rings. The second kappa shape index (κ2) is 4.87. The Labute approximate surface area is 116 Å². The Kier molecular flexibility index (Phi) is 3.68. The Morgan fingerprint density at radius 3 is 2.56 bits per heavy atom. The number of hydrogen-bond acceptors (Lipinski definition) is 2. The molecule has 0 bridgehead atoms. The minimum absolute atomic E-state index is 0.868. The van der Waals surface area contributed by atoms with Crippen LogP contribution >= 0.6 is 38.5 Å². The molecule has 0 atom stereocenters. The van der Waals surface area contributed by atoms with Gasteiger partial charge < -0.3 is 0 Å². The minimum atomic E-state index is 0.868. The van der Waals surface area contributed by atoms with E-state index in [0.29, 0.717) is 0 Å². The van der Waals surface area contributed by atoms with Gasteiger partial charge in [-0.15, -0.1) is 0 Å². The zero-order valence-electron chi connectivity index (χ0n) is 9.11. The molecular formula is C10H12BrIN4. The molecule has 0 unspecified atom stereocenters. The zero-order chi connectivity index (χ0) is 11.7. The van der Waals surface area contributed by atoms with Gasteiger partial charge in [0.25, 0.3) is 0 Å². The van der Waals surface area contributed by atoms with E-state index in [1.165, 1.54) is 11.1 Å². The Bertz CT molecular complexity index is 503. The maximum Gasteiger partial charge on any atom is 0.131 e. The van der Waals surface area contributed by atoms with Gasteiger partial charge in [-0.05, 0) is 45.4 Å². The summed E-state index contributed by atoms with van der Waals surface area (Å²) < 4.78 is 5.75. The van der Waals surface area contributed by atoms with Crippen molar-refractivity contribution in [2.24, 2.45) is 7.05 Å². The first-order chi connectivity index (χ1) is 7.60. The molecule has 0 amide bonds. The third-order valence-electron chi connectivity index (χ3n) is 2.34. The molecule has 0 aliphatic rings. The molecule has 0 aromatic carbocycles. The summed E-state index contributed by atoms with van der Waals surface area (Å²) in [6.07, 6.45) is 5.00. The Hall–Kier alpha value is -0.370. The van der Waals surface area contributed by atoms with E-state index < -0.39 is 0 Å². The first kappa shape index (κ1) is 12.1. The van der Waals surface area contributed by atoms with E-state index in [1.54, 1.807) is 0 Å².